The second-order valence-corrected chi connectivity index (χ2v) is 6.91. The zero-order valence-electron chi connectivity index (χ0n) is 16.0. The summed E-state index contributed by atoms with van der Waals surface area (Å²) in [5.41, 5.74) is 0.196. The summed E-state index contributed by atoms with van der Waals surface area (Å²) in [6.07, 6.45) is -3.51. The number of imide groups is 1. The molecule has 3 rings (SSSR count). The molecule has 2 heterocycles. The molecule has 0 aromatic heterocycles. The first-order valence-electron chi connectivity index (χ1n) is 9.17. The highest BCUT2D eigenvalue weighted by atomic mass is 16.7. The van der Waals surface area contributed by atoms with E-state index >= 15 is 0 Å². The van der Waals surface area contributed by atoms with Gasteiger partial charge < -0.3 is 35.2 Å². The number of nitrogens with one attached hydrogen (secondary N) is 1. The number of anilines is 1. The number of aliphatic hydroxyl groups excluding tert-OH is 2. The minimum Gasteiger partial charge on any atom is -0.479 e. The van der Waals surface area contributed by atoms with Crippen LogP contribution in [0.5, 0.6) is 5.75 Å². The van der Waals surface area contributed by atoms with Crippen molar-refractivity contribution >= 4 is 29.4 Å². The summed E-state index contributed by atoms with van der Waals surface area (Å²) in [7, 11) is 0. The lowest BCUT2D eigenvalue weighted by atomic mass is 9.95. The van der Waals surface area contributed by atoms with Gasteiger partial charge in [-0.25, -0.2) is 4.79 Å². The molecule has 1 saturated heterocycles. The first-order chi connectivity index (χ1) is 14.6. The normalized spacial score (nSPS) is 28.0. The number of carboxylic acid groups (broad SMARTS) is 1. The van der Waals surface area contributed by atoms with Crippen molar-refractivity contribution < 1.29 is 49.1 Å². The molecule has 0 bridgehead atoms. The molecule has 4 atom stereocenters. The van der Waals surface area contributed by atoms with Gasteiger partial charge in [-0.2, -0.15) is 0 Å². The van der Waals surface area contributed by atoms with Gasteiger partial charge in [-0.1, -0.05) is 6.07 Å². The number of hydrogen-bond acceptors (Lipinski definition) is 9. The molecule has 1 aromatic carbocycles. The van der Waals surface area contributed by atoms with Crippen molar-refractivity contribution in [1.29, 1.82) is 0 Å². The van der Waals surface area contributed by atoms with E-state index in [1.807, 2.05) is 0 Å². The molecule has 0 saturated carbocycles. The zero-order valence-corrected chi connectivity index (χ0v) is 16.0. The first kappa shape index (κ1) is 22.4. The van der Waals surface area contributed by atoms with Crippen LogP contribution in [0.15, 0.2) is 36.4 Å². The van der Waals surface area contributed by atoms with E-state index in [1.165, 1.54) is 24.3 Å². The standard InChI is InChI=1S/C19H20N2O10/c22-12-9-30-17(18(27)28)19(29,16(12)26)31-11-3-1-2-10(8-11)20-13(23)6-7-21-14(24)4-5-15(21)25/h1-5,8,12,16-17,22,26,29H,6-7,9H2,(H,20,23)(H,27,28). The summed E-state index contributed by atoms with van der Waals surface area (Å²) in [4.78, 5) is 47.4. The van der Waals surface area contributed by atoms with Gasteiger partial charge in [-0.15, -0.1) is 0 Å². The Labute approximate surface area is 175 Å². The van der Waals surface area contributed by atoms with E-state index in [1.54, 1.807) is 0 Å². The third kappa shape index (κ3) is 4.72. The van der Waals surface area contributed by atoms with Crippen molar-refractivity contribution in [3.05, 3.63) is 36.4 Å². The largest absolute Gasteiger partial charge is 0.479 e. The maximum absolute atomic E-state index is 12.1. The lowest BCUT2D eigenvalue weighted by Crippen LogP contribution is -2.68. The molecular formula is C19H20N2O10. The topological polar surface area (TPSA) is 183 Å². The SMILES string of the molecule is O=C(CCN1C(=O)C=CC1=O)Nc1cccc(OC2(O)C(C(=O)O)OCC(O)C2O)c1. The number of carbonyl (C=O) groups excluding carboxylic acids is 3. The first-order valence-corrected chi connectivity index (χ1v) is 9.17. The van der Waals surface area contributed by atoms with Gasteiger partial charge in [0.25, 0.3) is 17.6 Å². The van der Waals surface area contributed by atoms with E-state index in [0.29, 0.717) is 0 Å². The molecular weight excluding hydrogens is 416 g/mol. The Morgan fingerprint density at radius 3 is 2.55 bits per heavy atom. The van der Waals surface area contributed by atoms with Crippen LogP contribution in [-0.4, -0.2) is 86.3 Å². The predicted octanol–water partition coefficient (Wildman–Crippen LogP) is -1.79. The summed E-state index contributed by atoms with van der Waals surface area (Å²) in [5, 5.41) is 42.2. The van der Waals surface area contributed by atoms with Crippen LogP contribution in [0, 0.1) is 0 Å². The van der Waals surface area contributed by atoms with Crippen LogP contribution in [0.2, 0.25) is 0 Å². The zero-order chi connectivity index (χ0) is 22.8. The monoisotopic (exact) mass is 436 g/mol. The van der Waals surface area contributed by atoms with Crippen LogP contribution >= 0.6 is 0 Å². The Balaban J connectivity index is 1.66. The van der Waals surface area contributed by atoms with Crippen molar-refractivity contribution in [3.63, 3.8) is 0 Å². The number of carbonyl (C=O) groups is 4. The minimum absolute atomic E-state index is 0.117. The number of aliphatic hydroxyl groups is 3. The Kier molecular flexibility index (Phi) is 6.36. The summed E-state index contributed by atoms with van der Waals surface area (Å²) in [6, 6.07) is 5.47. The summed E-state index contributed by atoms with van der Waals surface area (Å²) < 4.78 is 10.2. The molecule has 3 amide bonds. The van der Waals surface area contributed by atoms with Crippen LogP contribution in [0.3, 0.4) is 0 Å². The number of nitrogens with zero attached hydrogens (tertiary/aromatic N) is 1. The number of ether oxygens (including phenoxy) is 2. The second kappa shape index (κ2) is 8.81. The summed E-state index contributed by atoms with van der Waals surface area (Å²) >= 11 is 0. The van der Waals surface area contributed by atoms with E-state index < -0.39 is 54.4 Å². The maximum atomic E-state index is 12.1. The van der Waals surface area contributed by atoms with E-state index in [0.717, 1.165) is 17.1 Å². The van der Waals surface area contributed by atoms with Crippen LogP contribution in [0.4, 0.5) is 5.69 Å². The van der Waals surface area contributed by atoms with Gasteiger partial charge in [0.05, 0.1) is 6.61 Å². The Morgan fingerprint density at radius 1 is 1.23 bits per heavy atom. The third-order valence-corrected chi connectivity index (χ3v) is 4.68. The van der Waals surface area contributed by atoms with Gasteiger partial charge >= 0.3 is 5.97 Å². The quantitative estimate of drug-likeness (QED) is 0.242. The molecule has 5 N–H and O–H groups in total. The number of hydrogen-bond donors (Lipinski definition) is 5. The lowest BCUT2D eigenvalue weighted by Gasteiger charge is -2.42. The van der Waals surface area contributed by atoms with Crippen molar-refractivity contribution in [2.45, 2.75) is 30.5 Å². The second-order valence-electron chi connectivity index (χ2n) is 6.91. The molecule has 0 radical (unpaired) electrons. The molecule has 12 nitrogen and oxygen atoms in total. The smallest absolute Gasteiger partial charge is 0.339 e. The van der Waals surface area contributed by atoms with E-state index in [2.05, 4.69) is 5.32 Å². The molecule has 12 heteroatoms. The summed E-state index contributed by atoms with van der Waals surface area (Å²) in [5.74, 6) is -6.08. The fraction of sp³-hybridized carbons (Fsp3) is 0.368. The minimum atomic E-state index is -2.80. The van der Waals surface area contributed by atoms with Crippen LogP contribution < -0.4 is 10.1 Å². The van der Waals surface area contributed by atoms with Crippen molar-refractivity contribution in [3.8, 4) is 5.75 Å². The van der Waals surface area contributed by atoms with Crippen LogP contribution in [0.1, 0.15) is 6.42 Å². The van der Waals surface area contributed by atoms with Gasteiger partial charge in [-0.05, 0) is 12.1 Å². The average Bonchev–Trinajstić information content (AvgIpc) is 3.02. The van der Waals surface area contributed by atoms with E-state index in [9.17, 15) is 39.6 Å². The molecule has 1 fully saturated rings. The lowest BCUT2D eigenvalue weighted by molar-refractivity contribution is -0.313. The molecule has 166 valence electrons. The molecule has 1 aromatic rings. The number of benzene rings is 1. The van der Waals surface area contributed by atoms with Gasteiger partial charge in [0.2, 0.25) is 12.0 Å². The summed E-state index contributed by atoms with van der Waals surface area (Å²) in [6.45, 7) is -0.633. The van der Waals surface area contributed by atoms with Gasteiger partial charge in [-0.3, -0.25) is 19.3 Å². The van der Waals surface area contributed by atoms with Crippen molar-refractivity contribution in [1.82, 2.24) is 4.90 Å². The average molecular weight is 436 g/mol. The van der Waals surface area contributed by atoms with Crippen molar-refractivity contribution in [2.75, 3.05) is 18.5 Å². The molecule has 2 aliphatic heterocycles. The number of carboxylic acids is 1. The molecule has 0 aliphatic carbocycles. The highest BCUT2D eigenvalue weighted by Crippen LogP contribution is 2.31. The molecule has 4 unspecified atom stereocenters. The molecule has 2 aliphatic rings. The van der Waals surface area contributed by atoms with Crippen molar-refractivity contribution in [2.24, 2.45) is 0 Å². The molecule has 31 heavy (non-hydrogen) atoms. The van der Waals surface area contributed by atoms with E-state index in [4.69, 9.17) is 9.47 Å². The highest BCUT2D eigenvalue weighted by molar-refractivity contribution is 6.13. The fourth-order valence-corrected chi connectivity index (χ4v) is 3.11. The van der Waals surface area contributed by atoms with Crippen LogP contribution in [0.25, 0.3) is 0 Å². The third-order valence-electron chi connectivity index (χ3n) is 4.68. The number of aliphatic carboxylic acids is 1. The highest BCUT2D eigenvalue weighted by Gasteiger charge is 2.57. The van der Waals surface area contributed by atoms with Gasteiger partial charge in [0.15, 0.2) is 6.10 Å². The van der Waals surface area contributed by atoms with E-state index in [-0.39, 0.29) is 24.4 Å². The Hall–Kier alpha value is -3.32. The predicted molar refractivity (Wildman–Crippen MR) is 101 cm³/mol. The fourth-order valence-electron chi connectivity index (χ4n) is 3.11. The van der Waals surface area contributed by atoms with Crippen LogP contribution in [-0.2, 0) is 23.9 Å². The Bertz CT molecular complexity index is 914. The van der Waals surface area contributed by atoms with Gasteiger partial charge in [0.1, 0.15) is 11.9 Å². The Morgan fingerprint density at radius 2 is 1.90 bits per heavy atom. The number of rotatable bonds is 7. The van der Waals surface area contributed by atoms with Gasteiger partial charge in [0, 0.05) is 36.9 Å². The molecule has 0 spiro atoms. The maximum Gasteiger partial charge on any atom is 0.339 e. The number of amides is 3.